The summed E-state index contributed by atoms with van der Waals surface area (Å²) in [6.45, 7) is 2.29. The number of amides is 1. The van der Waals surface area contributed by atoms with Crippen molar-refractivity contribution in [2.24, 2.45) is 11.8 Å². The lowest BCUT2D eigenvalue weighted by molar-refractivity contribution is -0.134. The number of ether oxygens (including phenoxy) is 1. The van der Waals surface area contributed by atoms with Crippen LogP contribution in [0.3, 0.4) is 0 Å². The molecule has 0 aromatic rings. The van der Waals surface area contributed by atoms with E-state index in [-0.39, 0.29) is 24.2 Å². The molecule has 118 valence electrons. The molecule has 0 bridgehead atoms. The molecule has 1 fully saturated rings. The van der Waals surface area contributed by atoms with Gasteiger partial charge in [0.05, 0.1) is 13.7 Å². The normalized spacial score (nSPS) is 22.0. The summed E-state index contributed by atoms with van der Waals surface area (Å²) in [5.74, 6) is 0.315. The second kappa shape index (κ2) is 9.32. The van der Waals surface area contributed by atoms with Crippen molar-refractivity contribution in [3.63, 3.8) is 0 Å². The van der Waals surface area contributed by atoms with Gasteiger partial charge in [0, 0.05) is 18.4 Å². The summed E-state index contributed by atoms with van der Waals surface area (Å²) in [6, 6.07) is 0. The Morgan fingerprint density at radius 2 is 1.86 bits per heavy atom. The number of carbonyl (C=O) groups is 3. The minimum absolute atomic E-state index is 0.000327. The number of allylic oxidation sites excluding steroid dienone is 1. The first kappa shape index (κ1) is 17.4. The second-order valence-corrected chi connectivity index (χ2v) is 5.68. The molecule has 0 unspecified atom stereocenters. The van der Waals surface area contributed by atoms with E-state index in [4.69, 9.17) is 0 Å². The number of hydrogen-bond acceptors (Lipinski definition) is 4. The Morgan fingerprint density at radius 3 is 2.48 bits per heavy atom. The van der Waals surface area contributed by atoms with Crippen LogP contribution < -0.4 is 5.32 Å². The topological polar surface area (TPSA) is 72.5 Å². The molecule has 0 aromatic carbocycles. The molecule has 5 heteroatoms. The molecular weight excluding hydrogens is 270 g/mol. The van der Waals surface area contributed by atoms with Crippen LogP contribution in [0.1, 0.15) is 45.4 Å². The second-order valence-electron chi connectivity index (χ2n) is 5.68. The van der Waals surface area contributed by atoms with Gasteiger partial charge in [-0.1, -0.05) is 13.0 Å². The van der Waals surface area contributed by atoms with Gasteiger partial charge in [-0.05, 0) is 38.0 Å². The Hall–Kier alpha value is -1.65. The minimum atomic E-state index is -0.428. The first-order valence-electron chi connectivity index (χ1n) is 7.56. The number of ketones is 1. The van der Waals surface area contributed by atoms with Gasteiger partial charge in [-0.25, -0.2) is 4.79 Å². The van der Waals surface area contributed by atoms with Crippen LogP contribution in [-0.4, -0.2) is 31.3 Å². The van der Waals surface area contributed by atoms with E-state index in [0.717, 1.165) is 25.7 Å². The molecular formula is C16H25NO4. The molecule has 21 heavy (non-hydrogen) atoms. The maximum absolute atomic E-state index is 11.9. The van der Waals surface area contributed by atoms with E-state index >= 15 is 0 Å². The summed E-state index contributed by atoms with van der Waals surface area (Å²) >= 11 is 0. The Balaban J connectivity index is 2.16. The molecule has 0 spiro atoms. The van der Waals surface area contributed by atoms with Crippen LogP contribution in [0.4, 0.5) is 0 Å². The smallest absolute Gasteiger partial charge is 0.330 e. The zero-order valence-corrected chi connectivity index (χ0v) is 12.9. The molecule has 1 saturated carbocycles. The van der Waals surface area contributed by atoms with E-state index in [1.54, 1.807) is 6.08 Å². The number of methoxy groups -OCH3 is 1. The van der Waals surface area contributed by atoms with E-state index in [2.05, 4.69) is 17.0 Å². The fourth-order valence-corrected chi connectivity index (χ4v) is 2.43. The molecule has 0 aliphatic heterocycles. The molecule has 0 saturated heterocycles. The summed E-state index contributed by atoms with van der Waals surface area (Å²) in [5, 5.41) is 2.72. The Kier molecular flexibility index (Phi) is 7.72. The third-order valence-electron chi connectivity index (χ3n) is 3.89. The van der Waals surface area contributed by atoms with Crippen molar-refractivity contribution in [1.82, 2.24) is 5.32 Å². The summed E-state index contributed by atoms with van der Waals surface area (Å²) in [7, 11) is 1.30. The fraction of sp³-hybridized carbons (Fsp3) is 0.688. The van der Waals surface area contributed by atoms with Crippen molar-refractivity contribution < 1.29 is 19.1 Å². The first-order valence-corrected chi connectivity index (χ1v) is 7.56. The third kappa shape index (κ3) is 7.06. The van der Waals surface area contributed by atoms with E-state index < -0.39 is 5.97 Å². The van der Waals surface area contributed by atoms with Crippen molar-refractivity contribution in [2.75, 3.05) is 13.7 Å². The Morgan fingerprint density at radius 1 is 1.19 bits per heavy atom. The van der Waals surface area contributed by atoms with Gasteiger partial charge in [0.2, 0.25) is 5.91 Å². The molecule has 1 amide bonds. The molecule has 0 atom stereocenters. The van der Waals surface area contributed by atoms with E-state index in [0.29, 0.717) is 18.8 Å². The molecule has 5 nitrogen and oxygen atoms in total. The Bertz CT molecular complexity index is 395. The highest BCUT2D eigenvalue weighted by Crippen LogP contribution is 2.28. The predicted molar refractivity (Wildman–Crippen MR) is 79.5 cm³/mol. The van der Waals surface area contributed by atoms with E-state index in [1.165, 1.54) is 13.2 Å². The maximum atomic E-state index is 11.9. The quantitative estimate of drug-likeness (QED) is 0.576. The van der Waals surface area contributed by atoms with Gasteiger partial charge in [0.15, 0.2) is 5.78 Å². The lowest BCUT2D eigenvalue weighted by Crippen LogP contribution is -2.36. The van der Waals surface area contributed by atoms with Crippen LogP contribution in [0.25, 0.3) is 0 Å². The lowest BCUT2D eigenvalue weighted by atomic mass is 9.82. The van der Waals surface area contributed by atoms with Crippen LogP contribution >= 0.6 is 0 Å². The van der Waals surface area contributed by atoms with Crippen LogP contribution in [0, 0.1) is 11.8 Å². The number of Topliss-reactive ketones (excluding diaryl/α,β-unsaturated/α-hetero) is 1. The number of nitrogens with one attached hydrogen (secondary N) is 1. The molecule has 0 heterocycles. The van der Waals surface area contributed by atoms with Crippen molar-refractivity contribution >= 4 is 17.7 Å². The molecule has 1 aliphatic rings. The van der Waals surface area contributed by atoms with E-state index in [9.17, 15) is 14.4 Å². The standard InChI is InChI=1S/C16H25NO4/c1-12-7-9-13(10-8-12)16(20)17-11-14(18)5-3-4-6-15(19)21-2/h4,6,12-13H,3,5,7-11H2,1-2H3,(H,17,20)/b6-4+. The molecule has 0 radical (unpaired) electrons. The van der Waals surface area contributed by atoms with E-state index in [1.807, 2.05) is 0 Å². The highest BCUT2D eigenvalue weighted by atomic mass is 16.5. The minimum Gasteiger partial charge on any atom is -0.466 e. The molecule has 0 aromatic heterocycles. The average molecular weight is 295 g/mol. The zero-order valence-electron chi connectivity index (χ0n) is 12.9. The van der Waals surface area contributed by atoms with Gasteiger partial charge >= 0.3 is 5.97 Å². The lowest BCUT2D eigenvalue weighted by Gasteiger charge is -2.25. The van der Waals surface area contributed by atoms with Gasteiger partial charge in [-0.15, -0.1) is 0 Å². The number of rotatable bonds is 7. The van der Waals surface area contributed by atoms with Gasteiger partial charge in [0.25, 0.3) is 0 Å². The summed E-state index contributed by atoms with van der Waals surface area (Å²) in [5.41, 5.74) is 0. The summed E-state index contributed by atoms with van der Waals surface area (Å²) < 4.78 is 4.44. The van der Waals surface area contributed by atoms with Crippen molar-refractivity contribution in [3.8, 4) is 0 Å². The first-order chi connectivity index (χ1) is 10.0. The highest BCUT2D eigenvalue weighted by Gasteiger charge is 2.24. The predicted octanol–water partition coefficient (Wildman–Crippen LogP) is 2.01. The molecule has 1 rings (SSSR count). The van der Waals surface area contributed by atoms with Crippen molar-refractivity contribution in [2.45, 2.75) is 45.4 Å². The summed E-state index contributed by atoms with van der Waals surface area (Å²) in [6.07, 6.45) is 7.71. The fourth-order valence-electron chi connectivity index (χ4n) is 2.43. The monoisotopic (exact) mass is 295 g/mol. The van der Waals surface area contributed by atoms with Crippen molar-refractivity contribution in [1.29, 1.82) is 0 Å². The number of carbonyl (C=O) groups excluding carboxylic acids is 3. The van der Waals surface area contributed by atoms with Crippen LogP contribution in [0.2, 0.25) is 0 Å². The summed E-state index contributed by atoms with van der Waals surface area (Å²) in [4.78, 5) is 34.4. The van der Waals surface area contributed by atoms with Gasteiger partial charge in [-0.3, -0.25) is 9.59 Å². The van der Waals surface area contributed by atoms with Crippen LogP contribution in [0.5, 0.6) is 0 Å². The molecule has 1 N–H and O–H groups in total. The third-order valence-corrected chi connectivity index (χ3v) is 3.89. The largest absolute Gasteiger partial charge is 0.466 e. The van der Waals surface area contributed by atoms with Crippen LogP contribution in [-0.2, 0) is 19.1 Å². The maximum Gasteiger partial charge on any atom is 0.330 e. The van der Waals surface area contributed by atoms with Gasteiger partial charge in [-0.2, -0.15) is 0 Å². The zero-order chi connectivity index (χ0) is 15.7. The van der Waals surface area contributed by atoms with Crippen molar-refractivity contribution in [3.05, 3.63) is 12.2 Å². The van der Waals surface area contributed by atoms with Gasteiger partial charge < -0.3 is 10.1 Å². The van der Waals surface area contributed by atoms with Crippen LogP contribution in [0.15, 0.2) is 12.2 Å². The van der Waals surface area contributed by atoms with Gasteiger partial charge in [0.1, 0.15) is 0 Å². The highest BCUT2D eigenvalue weighted by molar-refractivity contribution is 5.87. The number of esters is 1. The molecule has 1 aliphatic carbocycles. The average Bonchev–Trinajstić information content (AvgIpc) is 2.49. The number of hydrogen-bond donors (Lipinski definition) is 1. The Labute approximate surface area is 126 Å². The SMILES string of the molecule is COC(=O)/C=C/CCC(=O)CNC(=O)C1CCC(C)CC1.